The van der Waals surface area contributed by atoms with Crippen molar-refractivity contribution in [3.63, 3.8) is 0 Å². The maximum Gasteiger partial charge on any atom is 0.134 e. The summed E-state index contributed by atoms with van der Waals surface area (Å²) < 4.78 is 1.89. The highest BCUT2D eigenvalue weighted by molar-refractivity contribution is 5.57. The summed E-state index contributed by atoms with van der Waals surface area (Å²) in [5.74, 6) is 1.80. The Kier molecular flexibility index (Phi) is 4.33. The minimum atomic E-state index is 0.826. The molecule has 0 aromatic carbocycles. The van der Waals surface area contributed by atoms with E-state index in [0.29, 0.717) is 0 Å². The van der Waals surface area contributed by atoms with E-state index >= 15 is 0 Å². The fourth-order valence-electron chi connectivity index (χ4n) is 2.07. The number of aryl methyl sites for hydroxylation is 1. The number of hydrogen-bond donors (Lipinski definition) is 2. The molecule has 0 aliphatic heterocycles. The lowest BCUT2D eigenvalue weighted by Gasteiger charge is -2.12. The highest BCUT2D eigenvalue weighted by Gasteiger charge is 2.08. The fourth-order valence-corrected chi connectivity index (χ4v) is 2.07. The molecule has 2 heterocycles. The highest BCUT2D eigenvalue weighted by atomic mass is 15.3. The Hall–Kier alpha value is -2.11. The standard InChI is InChI=1S/C13H20N6/c1-4-11-12(14-2)16-9-17-13(11)15-7-5-10-6-8-18-19(10)3/h6,8-9H,4-5,7H2,1-3H3,(H2,14,15,16,17). The molecule has 0 aliphatic rings. The Balaban J connectivity index is 2.01. The molecule has 6 heteroatoms. The van der Waals surface area contributed by atoms with Gasteiger partial charge >= 0.3 is 0 Å². The van der Waals surface area contributed by atoms with Crippen molar-refractivity contribution in [1.29, 1.82) is 0 Å². The van der Waals surface area contributed by atoms with Gasteiger partial charge in [0.05, 0.1) is 0 Å². The summed E-state index contributed by atoms with van der Waals surface area (Å²) in [6.07, 6.45) is 5.21. The van der Waals surface area contributed by atoms with E-state index in [1.165, 1.54) is 5.69 Å². The summed E-state index contributed by atoms with van der Waals surface area (Å²) >= 11 is 0. The molecule has 0 radical (unpaired) electrons. The van der Waals surface area contributed by atoms with E-state index in [1.807, 2.05) is 31.0 Å². The van der Waals surface area contributed by atoms with Gasteiger partial charge in [-0.1, -0.05) is 6.92 Å². The second-order valence-electron chi connectivity index (χ2n) is 4.28. The van der Waals surface area contributed by atoms with Gasteiger partial charge in [0, 0.05) is 44.5 Å². The lowest BCUT2D eigenvalue weighted by Crippen LogP contribution is -2.12. The summed E-state index contributed by atoms with van der Waals surface area (Å²) in [4.78, 5) is 8.54. The van der Waals surface area contributed by atoms with Crippen molar-refractivity contribution in [2.24, 2.45) is 7.05 Å². The maximum absolute atomic E-state index is 4.31. The smallest absolute Gasteiger partial charge is 0.134 e. The Morgan fingerprint density at radius 1 is 1.26 bits per heavy atom. The zero-order chi connectivity index (χ0) is 13.7. The topological polar surface area (TPSA) is 67.7 Å². The lowest BCUT2D eigenvalue weighted by atomic mass is 10.2. The molecule has 2 aromatic heterocycles. The van der Waals surface area contributed by atoms with E-state index in [0.717, 1.165) is 36.6 Å². The van der Waals surface area contributed by atoms with E-state index in [-0.39, 0.29) is 0 Å². The average molecular weight is 260 g/mol. The minimum absolute atomic E-state index is 0.826. The Morgan fingerprint density at radius 3 is 2.68 bits per heavy atom. The van der Waals surface area contributed by atoms with Crippen molar-refractivity contribution in [1.82, 2.24) is 19.7 Å². The van der Waals surface area contributed by atoms with Crippen molar-refractivity contribution in [3.05, 3.63) is 29.8 Å². The zero-order valence-corrected chi connectivity index (χ0v) is 11.6. The van der Waals surface area contributed by atoms with E-state index in [4.69, 9.17) is 0 Å². The minimum Gasteiger partial charge on any atom is -0.373 e. The van der Waals surface area contributed by atoms with Crippen LogP contribution in [0.3, 0.4) is 0 Å². The lowest BCUT2D eigenvalue weighted by molar-refractivity contribution is 0.710. The molecule has 2 rings (SSSR count). The number of anilines is 2. The predicted octanol–water partition coefficient (Wildman–Crippen LogP) is 1.47. The Bertz CT molecular complexity index is 534. The Morgan fingerprint density at radius 2 is 2.05 bits per heavy atom. The van der Waals surface area contributed by atoms with Gasteiger partial charge in [0.1, 0.15) is 18.0 Å². The van der Waals surface area contributed by atoms with Gasteiger partial charge in [-0.25, -0.2) is 9.97 Å². The van der Waals surface area contributed by atoms with Crippen molar-refractivity contribution in [2.75, 3.05) is 24.2 Å². The molecule has 0 saturated heterocycles. The fraction of sp³-hybridized carbons (Fsp3) is 0.462. The molecule has 0 atom stereocenters. The zero-order valence-electron chi connectivity index (χ0n) is 11.6. The van der Waals surface area contributed by atoms with E-state index in [2.05, 4.69) is 32.6 Å². The van der Waals surface area contributed by atoms with Crippen molar-refractivity contribution >= 4 is 11.6 Å². The van der Waals surface area contributed by atoms with Gasteiger partial charge in [0.2, 0.25) is 0 Å². The number of rotatable bonds is 6. The van der Waals surface area contributed by atoms with Crippen LogP contribution in [0.25, 0.3) is 0 Å². The van der Waals surface area contributed by atoms with Gasteiger partial charge < -0.3 is 10.6 Å². The van der Waals surface area contributed by atoms with Crippen LogP contribution in [0.1, 0.15) is 18.2 Å². The molecule has 0 unspecified atom stereocenters. The van der Waals surface area contributed by atoms with E-state index < -0.39 is 0 Å². The largest absolute Gasteiger partial charge is 0.373 e. The third-order valence-corrected chi connectivity index (χ3v) is 3.13. The van der Waals surface area contributed by atoms with Gasteiger partial charge in [-0.2, -0.15) is 5.10 Å². The SMILES string of the molecule is CCc1c(NC)ncnc1NCCc1ccnn1C. The molecule has 2 aromatic rings. The van der Waals surface area contributed by atoms with Gasteiger partial charge in [-0.05, 0) is 12.5 Å². The molecule has 0 amide bonds. The number of hydrogen-bond acceptors (Lipinski definition) is 5. The molecule has 19 heavy (non-hydrogen) atoms. The van der Waals surface area contributed by atoms with E-state index in [1.54, 1.807) is 6.33 Å². The number of aromatic nitrogens is 4. The van der Waals surface area contributed by atoms with Gasteiger partial charge in [0.25, 0.3) is 0 Å². The first-order valence-electron chi connectivity index (χ1n) is 6.48. The third kappa shape index (κ3) is 3.01. The maximum atomic E-state index is 4.31. The normalized spacial score (nSPS) is 10.5. The van der Waals surface area contributed by atoms with Crippen LogP contribution in [0, 0.1) is 0 Å². The summed E-state index contributed by atoms with van der Waals surface area (Å²) in [5.41, 5.74) is 2.32. The molecule has 0 saturated carbocycles. The average Bonchev–Trinajstić information content (AvgIpc) is 2.84. The molecule has 102 valence electrons. The molecular formula is C13H20N6. The monoisotopic (exact) mass is 260 g/mol. The van der Waals surface area contributed by atoms with Gasteiger partial charge in [-0.3, -0.25) is 4.68 Å². The quantitative estimate of drug-likeness (QED) is 0.823. The summed E-state index contributed by atoms with van der Waals surface area (Å²) in [6.45, 7) is 2.93. The molecule has 0 fully saturated rings. The molecule has 0 spiro atoms. The van der Waals surface area contributed by atoms with Crippen molar-refractivity contribution in [3.8, 4) is 0 Å². The van der Waals surface area contributed by atoms with Crippen LogP contribution in [0.4, 0.5) is 11.6 Å². The van der Waals surface area contributed by atoms with Crippen LogP contribution in [-0.4, -0.2) is 33.3 Å². The molecule has 6 nitrogen and oxygen atoms in total. The predicted molar refractivity (Wildman–Crippen MR) is 76.4 cm³/mol. The Labute approximate surface area is 113 Å². The van der Waals surface area contributed by atoms with Gasteiger partial charge in [-0.15, -0.1) is 0 Å². The van der Waals surface area contributed by atoms with Crippen molar-refractivity contribution in [2.45, 2.75) is 19.8 Å². The second kappa shape index (κ2) is 6.17. The van der Waals surface area contributed by atoms with Gasteiger partial charge in [0.15, 0.2) is 0 Å². The highest BCUT2D eigenvalue weighted by Crippen LogP contribution is 2.19. The molecule has 2 N–H and O–H groups in total. The second-order valence-corrected chi connectivity index (χ2v) is 4.28. The van der Waals surface area contributed by atoms with Crippen LogP contribution in [-0.2, 0) is 19.9 Å². The van der Waals surface area contributed by atoms with Crippen molar-refractivity contribution < 1.29 is 0 Å². The first-order chi connectivity index (χ1) is 9.26. The first-order valence-corrected chi connectivity index (χ1v) is 6.48. The van der Waals surface area contributed by atoms with Crippen LogP contribution >= 0.6 is 0 Å². The summed E-state index contributed by atoms with van der Waals surface area (Å²) in [5, 5.41) is 10.6. The van der Waals surface area contributed by atoms with Crippen LogP contribution < -0.4 is 10.6 Å². The van der Waals surface area contributed by atoms with Crippen LogP contribution in [0.2, 0.25) is 0 Å². The van der Waals surface area contributed by atoms with Crippen LogP contribution in [0.5, 0.6) is 0 Å². The van der Waals surface area contributed by atoms with Crippen LogP contribution in [0.15, 0.2) is 18.6 Å². The first kappa shape index (κ1) is 13.3. The third-order valence-electron chi connectivity index (χ3n) is 3.13. The van der Waals surface area contributed by atoms with E-state index in [9.17, 15) is 0 Å². The number of nitrogens with one attached hydrogen (secondary N) is 2. The molecular weight excluding hydrogens is 240 g/mol. The number of nitrogens with zero attached hydrogens (tertiary/aromatic N) is 4. The molecule has 0 aliphatic carbocycles. The summed E-state index contributed by atoms with van der Waals surface area (Å²) in [7, 11) is 3.83. The molecule has 0 bridgehead atoms. The summed E-state index contributed by atoms with van der Waals surface area (Å²) in [6, 6.07) is 2.03.